The SMILES string of the molecule is CCCN1C(=S)NC(c2ccc(OC(C)(C)C)cc2)C(C(=O)c2ccccc2)=C1C. The first-order chi connectivity index (χ1) is 14.2. The highest BCUT2D eigenvalue weighted by atomic mass is 32.1. The van der Waals surface area contributed by atoms with Gasteiger partial charge in [-0.05, 0) is 64.0 Å². The van der Waals surface area contributed by atoms with Crippen LogP contribution in [0.3, 0.4) is 0 Å². The predicted molar refractivity (Wildman–Crippen MR) is 126 cm³/mol. The summed E-state index contributed by atoms with van der Waals surface area (Å²) in [5, 5.41) is 4.06. The number of carbonyl (C=O) groups excluding carboxylic acids is 1. The minimum atomic E-state index is -0.304. The van der Waals surface area contributed by atoms with Gasteiger partial charge in [-0.1, -0.05) is 49.4 Å². The molecule has 0 bridgehead atoms. The number of rotatable bonds is 6. The number of benzene rings is 2. The standard InChI is InChI=1S/C25H30N2O2S/c1-6-16-27-17(2)21(23(28)19-10-8-7-9-11-19)22(26-24(27)30)18-12-14-20(15-13-18)29-25(3,4)5/h7-15,22H,6,16H2,1-5H3,(H,26,30). The van der Waals surface area contributed by atoms with E-state index in [4.69, 9.17) is 17.0 Å². The third-order valence-corrected chi connectivity index (χ3v) is 5.30. The van der Waals surface area contributed by atoms with Gasteiger partial charge in [-0.25, -0.2) is 0 Å². The molecule has 3 rings (SSSR count). The summed E-state index contributed by atoms with van der Waals surface area (Å²) in [5.74, 6) is 0.818. The molecule has 1 N–H and O–H groups in total. The smallest absolute Gasteiger partial charge is 0.193 e. The Morgan fingerprint density at radius 2 is 1.73 bits per heavy atom. The van der Waals surface area contributed by atoms with Crippen LogP contribution in [0.5, 0.6) is 5.75 Å². The Kier molecular flexibility index (Phi) is 6.61. The van der Waals surface area contributed by atoms with Crippen LogP contribution in [0.1, 0.15) is 63.0 Å². The fraction of sp³-hybridized carbons (Fsp3) is 0.360. The van der Waals surface area contributed by atoms with E-state index in [0.29, 0.717) is 10.7 Å². The van der Waals surface area contributed by atoms with E-state index in [2.05, 4.69) is 12.2 Å². The largest absolute Gasteiger partial charge is 0.488 e. The number of hydrogen-bond acceptors (Lipinski definition) is 3. The van der Waals surface area contributed by atoms with Gasteiger partial charge in [0.15, 0.2) is 10.9 Å². The van der Waals surface area contributed by atoms with Gasteiger partial charge in [-0.15, -0.1) is 0 Å². The number of hydrogen-bond donors (Lipinski definition) is 1. The molecule has 2 aromatic rings. The lowest BCUT2D eigenvalue weighted by molar-refractivity contribution is 0.102. The molecule has 0 saturated heterocycles. The minimum Gasteiger partial charge on any atom is -0.488 e. The van der Waals surface area contributed by atoms with Crippen molar-refractivity contribution in [3.63, 3.8) is 0 Å². The number of ketones is 1. The molecule has 1 unspecified atom stereocenters. The fourth-order valence-corrected chi connectivity index (χ4v) is 3.99. The lowest BCUT2D eigenvalue weighted by atomic mass is 9.89. The van der Waals surface area contributed by atoms with E-state index in [1.165, 1.54) is 0 Å². The van der Waals surface area contributed by atoms with E-state index in [1.54, 1.807) is 0 Å². The van der Waals surface area contributed by atoms with Crippen molar-refractivity contribution in [3.8, 4) is 5.75 Å². The lowest BCUT2D eigenvalue weighted by Gasteiger charge is -2.38. The van der Waals surface area contributed by atoms with Gasteiger partial charge in [0.25, 0.3) is 0 Å². The second kappa shape index (κ2) is 9.00. The van der Waals surface area contributed by atoms with E-state index < -0.39 is 0 Å². The second-order valence-electron chi connectivity index (χ2n) is 8.51. The average Bonchev–Trinajstić information content (AvgIpc) is 2.70. The third kappa shape index (κ3) is 4.90. The van der Waals surface area contributed by atoms with Gasteiger partial charge in [-0.2, -0.15) is 0 Å². The Morgan fingerprint density at radius 1 is 1.10 bits per heavy atom. The first-order valence-electron chi connectivity index (χ1n) is 10.4. The van der Waals surface area contributed by atoms with E-state index in [1.807, 2.05) is 87.2 Å². The Balaban J connectivity index is 2.03. The van der Waals surface area contributed by atoms with Crippen molar-refractivity contribution in [1.29, 1.82) is 0 Å². The molecule has 2 aromatic carbocycles. The van der Waals surface area contributed by atoms with Gasteiger partial charge < -0.3 is 15.0 Å². The van der Waals surface area contributed by atoms with Gasteiger partial charge >= 0.3 is 0 Å². The average molecular weight is 423 g/mol. The highest BCUT2D eigenvalue weighted by Crippen LogP contribution is 2.34. The molecule has 1 atom stereocenters. The molecule has 158 valence electrons. The summed E-state index contributed by atoms with van der Waals surface area (Å²) < 4.78 is 5.95. The number of carbonyl (C=O) groups is 1. The molecule has 0 fully saturated rings. The van der Waals surface area contributed by atoms with Crippen LogP contribution in [0.25, 0.3) is 0 Å². The summed E-state index contributed by atoms with van der Waals surface area (Å²) in [4.78, 5) is 15.5. The molecule has 30 heavy (non-hydrogen) atoms. The van der Waals surface area contributed by atoms with Crippen LogP contribution in [0, 0.1) is 0 Å². The molecule has 1 heterocycles. The third-order valence-electron chi connectivity index (χ3n) is 4.96. The molecular formula is C25H30N2O2S. The van der Waals surface area contributed by atoms with Crippen molar-refractivity contribution >= 4 is 23.1 Å². The van der Waals surface area contributed by atoms with Crippen LogP contribution < -0.4 is 10.1 Å². The molecule has 0 spiro atoms. The van der Waals surface area contributed by atoms with E-state index in [0.717, 1.165) is 35.5 Å². The Hall–Kier alpha value is -2.66. The maximum Gasteiger partial charge on any atom is 0.193 e. The number of ether oxygens (including phenoxy) is 1. The molecule has 0 radical (unpaired) electrons. The number of thiocarbonyl (C=S) groups is 1. The topological polar surface area (TPSA) is 41.6 Å². The van der Waals surface area contributed by atoms with Crippen molar-refractivity contribution in [2.45, 2.75) is 52.7 Å². The Labute approximate surface area is 184 Å². The summed E-state index contributed by atoms with van der Waals surface area (Å²) in [6.45, 7) is 10.9. The summed E-state index contributed by atoms with van der Waals surface area (Å²) in [6.07, 6.45) is 0.940. The highest BCUT2D eigenvalue weighted by molar-refractivity contribution is 7.80. The van der Waals surface area contributed by atoms with E-state index >= 15 is 0 Å². The quantitative estimate of drug-likeness (QED) is 0.480. The highest BCUT2D eigenvalue weighted by Gasteiger charge is 2.33. The Bertz CT molecular complexity index is 943. The molecule has 5 heteroatoms. The maximum absolute atomic E-state index is 13.5. The first-order valence-corrected chi connectivity index (χ1v) is 10.8. The monoisotopic (exact) mass is 422 g/mol. The van der Waals surface area contributed by atoms with Crippen molar-refractivity contribution in [2.24, 2.45) is 0 Å². The van der Waals surface area contributed by atoms with Crippen molar-refractivity contribution in [3.05, 3.63) is 77.0 Å². The molecule has 0 aromatic heterocycles. The van der Waals surface area contributed by atoms with Gasteiger partial charge in [0.05, 0.1) is 6.04 Å². The van der Waals surface area contributed by atoms with Crippen molar-refractivity contribution < 1.29 is 9.53 Å². The number of nitrogens with zero attached hydrogens (tertiary/aromatic N) is 1. The van der Waals surface area contributed by atoms with Crippen molar-refractivity contribution in [1.82, 2.24) is 10.2 Å². The minimum absolute atomic E-state index is 0.0178. The summed E-state index contributed by atoms with van der Waals surface area (Å²) in [5.41, 5.74) is 3.03. The molecular weight excluding hydrogens is 392 g/mol. The summed E-state index contributed by atoms with van der Waals surface area (Å²) >= 11 is 5.65. The van der Waals surface area contributed by atoms with Crippen LogP contribution in [0.4, 0.5) is 0 Å². The summed E-state index contributed by atoms with van der Waals surface area (Å²) in [6, 6.07) is 17.0. The molecule has 1 aliphatic heterocycles. The van der Waals surface area contributed by atoms with Crippen LogP contribution in [0.2, 0.25) is 0 Å². The summed E-state index contributed by atoms with van der Waals surface area (Å²) in [7, 11) is 0. The predicted octanol–water partition coefficient (Wildman–Crippen LogP) is 5.66. The van der Waals surface area contributed by atoms with Crippen molar-refractivity contribution in [2.75, 3.05) is 6.54 Å². The molecule has 4 nitrogen and oxygen atoms in total. The zero-order valence-electron chi connectivity index (χ0n) is 18.4. The lowest BCUT2D eigenvalue weighted by Crippen LogP contribution is -2.47. The maximum atomic E-state index is 13.5. The molecule has 0 amide bonds. The molecule has 0 saturated carbocycles. The first kappa shape index (κ1) is 22.0. The van der Waals surface area contributed by atoms with E-state index in [9.17, 15) is 4.79 Å². The van der Waals surface area contributed by atoms with Crippen LogP contribution in [-0.2, 0) is 0 Å². The van der Waals surface area contributed by atoms with Gasteiger partial charge in [0.1, 0.15) is 11.4 Å². The fourth-order valence-electron chi connectivity index (χ4n) is 3.65. The van der Waals surface area contributed by atoms with Crippen LogP contribution >= 0.6 is 12.2 Å². The Morgan fingerprint density at radius 3 is 2.30 bits per heavy atom. The van der Waals surface area contributed by atoms with Crippen LogP contribution in [-0.4, -0.2) is 27.9 Å². The number of Topliss-reactive ketones (excluding diaryl/α,β-unsaturated/α-hetero) is 1. The normalized spacial score (nSPS) is 17.0. The van der Waals surface area contributed by atoms with Gasteiger partial charge in [0, 0.05) is 23.4 Å². The van der Waals surface area contributed by atoms with Crippen LogP contribution in [0.15, 0.2) is 65.9 Å². The second-order valence-corrected chi connectivity index (χ2v) is 8.90. The van der Waals surface area contributed by atoms with E-state index in [-0.39, 0.29) is 17.4 Å². The zero-order chi connectivity index (χ0) is 21.9. The molecule has 0 aliphatic carbocycles. The zero-order valence-corrected chi connectivity index (χ0v) is 19.2. The van der Waals surface area contributed by atoms with Gasteiger partial charge in [0.2, 0.25) is 0 Å². The number of nitrogens with one attached hydrogen (secondary N) is 1. The molecule has 1 aliphatic rings. The van der Waals surface area contributed by atoms with Gasteiger partial charge in [-0.3, -0.25) is 4.79 Å². The number of allylic oxidation sites excluding steroid dienone is 1.